The van der Waals surface area contributed by atoms with E-state index in [0.717, 1.165) is 36.0 Å². The largest absolute Gasteiger partial charge is 0.416 e. The van der Waals surface area contributed by atoms with Gasteiger partial charge in [-0.05, 0) is 45.4 Å². The van der Waals surface area contributed by atoms with Crippen molar-refractivity contribution in [2.45, 2.75) is 85.0 Å². The highest BCUT2D eigenvalue weighted by Crippen LogP contribution is 2.33. The lowest BCUT2D eigenvalue weighted by atomic mass is 9.98. The molecule has 0 saturated carbocycles. The lowest BCUT2D eigenvalue weighted by molar-refractivity contribution is -0.137. The Balaban J connectivity index is 2.57. The highest BCUT2D eigenvalue weighted by atomic mass is 32.1. The van der Waals surface area contributed by atoms with Crippen LogP contribution in [0.25, 0.3) is 0 Å². The van der Waals surface area contributed by atoms with Gasteiger partial charge in [0.1, 0.15) is 5.01 Å². The summed E-state index contributed by atoms with van der Waals surface area (Å²) in [4.78, 5) is 23.0. The van der Waals surface area contributed by atoms with Gasteiger partial charge in [-0.15, -0.1) is 0 Å². The summed E-state index contributed by atoms with van der Waals surface area (Å²) in [6.45, 7) is 14.1. The van der Waals surface area contributed by atoms with E-state index in [1.54, 1.807) is 4.68 Å². The van der Waals surface area contributed by atoms with Gasteiger partial charge in [0.2, 0.25) is 4.80 Å². The number of hydroxylamine groups is 1. The first-order chi connectivity index (χ1) is 14.6. The predicted molar refractivity (Wildman–Crippen MR) is 119 cm³/mol. The van der Waals surface area contributed by atoms with Gasteiger partial charge in [0.15, 0.2) is 5.75 Å². The standard InChI is InChI=1S/C22H31F3N4O2S/c1-8-9-12-29-19(32-18(27-29)20(2,3)4)26-17(30)15-13-14(22(23,24)25)10-11-16(15)31-28-21(5,6)7/h10-11,13,28H,8-9,12H2,1-7H3. The summed E-state index contributed by atoms with van der Waals surface area (Å²) >= 11 is 1.26. The van der Waals surface area contributed by atoms with Crippen molar-refractivity contribution in [2.24, 2.45) is 4.99 Å². The predicted octanol–water partition coefficient (Wildman–Crippen LogP) is 5.48. The Kier molecular flexibility index (Phi) is 7.93. The van der Waals surface area contributed by atoms with Gasteiger partial charge >= 0.3 is 6.18 Å². The number of benzene rings is 1. The number of rotatable bonds is 6. The van der Waals surface area contributed by atoms with Crippen molar-refractivity contribution in [2.75, 3.05) is 0 Å². The third-order valence-corrected chi connectivity index (χ3v) is 5.56. The summed E-state index contributed by atoms with van der Waals surface area (Å²) in [7, 11) is 0. The van der Waals surface area contributed by atoms with Gasteiger partial charge in [-0.25, -0.2) is 4.68 Å². The highest BCUT2D eigenvalue weighted by Gasteiger charge is 2.32. The van der Waals surface area contributed by atoms with E-state index in [-0.39, 0.29) is 16.7 Å². The molecule has 0 unspecified atom stereocenters. The lowest BCUT2D eigenvalue weighted by Crippen LogP contribution is -2.38. The fraction of sp³-hybridized carbons (Fsp3) is 0.591. The molecule has 1 amide bonds. The summed E-state index contributed by atoms with van der Waals surface area (Å²) in [5.41, 5.74) is 0.771. The van der Waals surface area contributed by atoms with E-state index in [2.05, 4.69) is 15.6 Å². The first-order valence-corrected chi connectivity index (χ1v) is 11.3. The molecule has 0 spiro atoms. The number of carbonyl (C=O) groups is 1. The second kappa shape index (κ2) is 9.74. The van der Waals surface area contributed by atoms with Gasteiger partial charge in [0.05, 0.1) is 11.1 Å². The van der Waals surface area contributed by atoms with E-state index in [9.17, 15) is 18.0 Å². The SMILES string of the molecule is CCCCn1nc(C(C)(C)C)sc1=NC(=O)c1cc(C(F)(F)F)ccc1ONC(C)(C)C. The number of aryl methyl sites for hydroxylation is 1. The van der Waals surface area contributed by atoms with Gasteiger partial charge < -0.3 is 4.84 Å². The minimum Gasteiger partial charge on any atom is -0.407 e. The van der Waals surface area contributed by atoms with Crippen LogP contribution in [-0.4, -0.2) is 21.2 Å². The summed E-state index contributed by atoms with van der Waals surface area (Å²) in [5.74, 6) is -0.849. The molecule has 1 aromatic carbocycles. The minimum atomic E-state index is -4.60. The molecule has 0 aliphatic rings. The Morgan fingerprint density at radius 1 is 1.19 bits per heavy atom. The molecule has 0 atom stereocenters. The van der Waals surface area contributed by atoms with Gasteiger partial charge in [0, 0.05) is 17.5 Å². The summed E-state index contributed by atoms with van der Waals surface area (Å²) in [6, 6.07) is 2.78. The third-order valence-electron chi connectivity index (χ3n) is 4.19. The minimum absolute atomic E-state index is 0.0256. The monoisotopic (exact) mass is 472 g/mol. The van der Waals surface area contributed by atoms with Crippen LogP contribution < -0.4 is 15.1 Å². The van der Waals surface area contributed by atoms with Crippen molar-refractivity contribution in [3.05, 3.63) is 39.1 Å². The van der Waals surface area contributed by atoms with E-state index in [4.69, 9.17) is 4.84 Å². The number of carbonyl (C=O) groups excluding carboxylic acids is 1. The maximum Gasteiger partial charge on any atom is 0.416 e. The molecule has 1 N–H and O–H groups in total. The normalized spacial score (nSPS) is 13.5. The molecule has 6 nitrogen and oxygen atoms in total. The topological polar surface area (TPSA) is 68.5 Å². The molecule has 0 aliphatic heterocycles. The van der Waals surface area contributed by atoms with Crippen LogP contribution in [0.2, 0.25) is 0 Å². The zero-order valence-corrected chi connectivity index (χ0v) is 20.4. The number of amides is 1. The molecule has 0 radical (unpaired) electrons. The molecule has 2 rings (SSSR count). The Morgan fingerprint density at radius 3 is 2.38 bits per heavy atom. The Labute approximate surface area is 190 Å². The zero-order chi connectivity index (χ0) is 24.3. The number of hydrogen-bond donors (Lipinski definition) is 1. The van der Waals surface area contributed by atoms with Crippen molar-refractivity contribution in [1.29, 1.82) is 0 Å². The second-order valence-corrected chi connectivity index (χ2v) is 10.6. The molecule has 1 aromatic heterocycles. The van der Waals surface area contributed by atoms with E-state index >= 15 is 0 Å². The lowest BCUT2D eigenvalue weighted by Gasteiger charge is -2.21. The number of hydrogen-bond acceptors (Lipinski definition) is 5. The van der Waals surface area contributed by atoms with Crippen molar-refractivity contribution in [3.8, 4) is 5.75 Å². The van der Waals surface area contributed by atoms with Crippen molar-refractivity contribution in [3.63, 3.8) is 0 Å². The van der Waals surface area contributed by atoms with Crippen molar-refractivity contribution < 1.29 is 22.8 Å². The second-order valence-electron chi connectivity index (χ2n) is 9.60. The number of aromatic nitrogens is 2. The molecule has 0 saturated heterocycles. The van der Waals surface area contributed by atoms with Gasteiger partial charge in [-0.1, -0.05) is 45.5 Å². The number of nitrogens with zero attached hydrogens (tertiary/aromatic N) is 3. The highest BCUT2D eigenvalue weighted by molar-refractivity contribution is 7.09. The van der Waals surface area contributed by atoms with Crippen LogP contribution in [0.4, 0.5) is 13.2 Å². The average molecular weight is 473 g/mol. The van der Waals surface area contributed by atoms with Crippen LogP contribution in [0.5, 0.6) is 5.75 Å². The van der Waals surface area contributed by atoms with E-state index in [1.807, 2.05) is 48.5 Å². The molecule has 32 heavy (non-hydrogen) atoms. The molecule has 0 bridgehead atoms. The molecule has 0 fully saturated rings. The molecular formula is C22H31F3N4O2S. The van der Waals surface area contributed by atoms with Crippen LogP contribution in [0.3, 0.4) is 0 Å². The maximum atomic E-state index is 13.3. The quantitative estimate of drug-likeness (QED) is 0.565. The van der Waals surface area contributed by atoms with Crippen LogP contribution in [0, 0.1) is 0 Å². The smallest absolute Gasteiger partial charge is 0.407 e. The van der Waals surface area contributed by atoms with E-state index < -0.39 is 23.2 Å². The fourth-order valence-corrected chi connectivity index (χ4v) is 3.45. The van der Waals surface area contributed by atoms with Crippen molar-refractivity contribution >= 4 is 17.2 Å². The summed E-state index contributed by atoms with van der Waals surface area (Å²) in [6.07, 6.45) is -2.84. The van der Waals surface area contributed by atoms with Crippen LogP contribution >= 0.6 is 11.3 Å². The fourth-order valence-electron chi connectivity index (χ4n) is 2.47. The van der Waals surface area contributed by atoms with Gasteiger partial charge in [-0.2, -0.15) is 28.7 Å². The molecule has 2 aromatic rings. The summed E-state index contributed by atoms with van der Waals surface area (Å²) in [5, 5.41) is 5.37. The molecule has 10 heteroatoms. The van der Waals surface area contributed by atoms with Crippen LogP contribution in [0.1, 0.15) is 82.2 Å². The van der Waals surface area contributed by atoms with E-state index in [1.165, 1.54) is 11.3 Å². The number of alkyl halides is 3. The van der Waals surface area contributed by atoms with Gasteiger partial charge in [0.25, 0.3) is 5.91 Å². The molecule has 0 aliphatic carbocycles. The number of halogens is 3. The summed E-state index contributed by atoms with van der Waals surface area (Å²) < 4.78 is 41.5. The first-order valence-electron chi connectivity index (χ1n) is 10.4. The zero-order valence-electron chi connectivity index (χ0n) is 19.6. The number of unbranched alkanes of at least 4 members (excludes halogenated alkanes) is 1. The molecule has 1 heterocycles. The number of nitrogens with one attached hydrogen (secondary N) is 1. The average Bonchev–Trinajstić information content (AvgIpc) is 3.06. The molecule has 178 valence electrons. The van der Waals surface area contributed by atoms with Crippen LogP contribution in [0.15, 0.2) is 23.2 Å². The third kappa shape index (κ3) is 7.16. The first kappa shape index (κ1) is 26.1. The maximum absolute atomic E-state index is 13.3. The van der Waals surface area contributed by atoms with E-state index in [0.29, 0.717) is 11.3 Å². The van der Waals surface area contributed by atoms with Gasteiger partial charge in [-0.3, -0.25) is 4.79 Å². The van der Waals surface area contributed by atoms with Crippen LogP contribution in [-0.2, 0) is 18.1 Å². The van der Waals surface area contributed by atoms with Crippen molar-refractivity contribution in [1.82, 2.24) is 15.3 Å². The Bertz CT molecular complexity index is 1010. The molecular weight excluding hydrogens is 441 g/mol. The Hall–Kier alpha value is -2.20. The Morgan fingerprint density at radius 2 is 1.84 bits per heavy atom.